The summed E-state index contributed by atoms with van der Waals surface area (Å²) in [5, 5.41) is 10.3. The topological polar surface area (TPSA) is 59.0 Å². The van der Waals surface area contributed by atoms with E-state index in [-0.39, 0.29) is 24.2 Å². The van der Waals surface area contributed by atoms with Crippen molar-refractivity contribution in [1.29, 1.82) is 0 Å². The van der Waals surface area contributed by atoms with Crippen LogP contribution in [0.15, 0.2) is 30.3 Å². The van der Waals surface area contributed by atoms with Gasteiger partial charge in [0.25, 0.3) is 0 Å². The van der Waals surface area contributed by atoms with Crippen molar-refractivity contribution in [3.8, 4) is 0 Å². The predicted octanol–water partition coefficient (Wildman–Crippen LogP) is 1.34. The Hall–Kier alpha value is -1.43. The normalized spacial score (nSPS) is 31.2. The van der Waals surface area contributed by atoms with E-state index in [2.05, 4.69) is 4.90 Å². The number of nitrogens with zero attached hydrogens (tertiary/aromatic N) is 1. The maximum Gasteiger partial charge on any atom is 0.323 e. The number of benzene rings is 1. The molecule has 2 aliphatic rings. The Morgan fingerprint density at radius 3 is 2.82 bits per heavy atom. The average Bonchev–Trinajstić information content (AvgIpc) is 3.05. The number of carbonyl (C=O) groups excluding carboxylic acids is 1. The third-order valence-corrected chi connectivity index (χ3v) is 4.56. The van der Waals surface area contributed by atoms with E-state index in [1.54, 1.807) is 0 Å². The van der Waals surface area contributed by atoms with E-state index in [0.29, 0.717) is 19.8 Å². The molecule has 0 amide bonds. The molecule has 3 rings (SSSR count). The van der Waals surface area contributed by atoms with Gasteiger partial charge in [0, 0.05) is 12.6 Å². The highest BCUT2D eigenvalue weighted by molar-refractivity contribution is 5.76. The van der Waals surface area contributed by atoms with Crippen LogP contribution in [-0.2, 0) is 20.9 Å². The lowest BCUT2D eigenvalue weighted by Crippen LogP contribution is -2.40. The standard InChI is InChI=1S/C17H23NO4/c1-2-21-17(20)14-9-8-13-16(15(19)10-18(13)14)22-11-12-6-4-3-5-7-12/h3-7,13-16,19H,2,8-11H2,1H3/t13-,14-,15+,16+/m1/s1. The second kappa shape index (κ2) is 6.77. The Bertz CT molecular complexity index is 507. The van der Waals surface area contributed by atoms with Gasteiger partial charge in [-0.05, 0) is 25.3 Å². The monoisotopic (exact) mass is 305 g/mol. The van der Waals surface area contributed by atoms with E-state index in [9.17, 15) is 9.90 Å². The molecular weight excluding hydrogens is 282 g/mol. The van der Waals surface area contributed by atoms with Crippen LogP contribution in [-0.4, -0.2) is 53.4 Å². The van der Waals surface area contributed by atoms with Gasteiger partial charge < -0.3 is 14.6 Å². The second-order valence-electron chi connectivity index (χ2n) is 5.94. The third kappa shape index (κ3) is 3.02. The summed E-state index contributed by atoms with van der Waals surface area (Å²) in [4.78, 5) is 14.0. The zero-order valence-electron chi connectivity index (χ0n) is 12.9. The zero-order chi connectivity index (χ0) is 15.5. The van der Waals surface area contributed by atoms with Crippen molar-refractivity contribution in [2.24, 2.45) is 0 Å². The van der Waals surface area contributed by atoms with E-state index >= 15 is 0 Å². The summed E-state index contributed by atoms with van der Waals surface area (Å²) in [7, 11) is 0. The molecule has 0 radical (unpaired) electrons. The van der Waals surface area contributed by atoms with Crippen LogP contribution in [0.2, 0.25) is 0 Å². The lowest BCUT2D eigenvalue weighted by Gasteiger charge is -2.23. The van der Waals surface area contributed by atoms with E-state index in [4.69, 9.17) is 9.47 Å². The van der Waals surface area contributed by atoms with Crippen LogP contribution in [0.4, 0.5) is 0 Å². The number of esters is 1. The minimum atomic E-state index is -0.550. The number of ether oxygens (including phenoxy) is 2. The maximum absolute atomic E-state index is 12.0. The van der Waals surface area contributed by atoms with Crippen LogP contribution < -0.4 is 0 Å². The second-order valence-corrected chi connectivity index (χ2v) is 5.94. The fourth-order valence-electron chi connectivity index (χ4n) is 3.56. The van der Waals surface area contributed by atoms with Gasteiger partial charge in [0.2, 0.25) is 0 Å². The Labute approximate surface area is 130 Å². The summed E-state index contributed by atoms with van der Waals surface area (Å²) in [6.07, 6.45) is 0.854. The fourth-order valence-corrected chi connectivity index (χ4v) is 3.56. The number of aliphatic hydroxyl groups excluding tert-OH is 1. The van der Waals surface area contributed by atoms with Crippen molar-refractivity contribution in [2.45, 2.75) is 50.7 Å². The molecule has 5 heteroatoms. The van der Waals surface area contributed by atoms with Crippen molar-refractivity contribution in [2.75, 3.05) is 13.2 Å². The molecule has 120 valence electrons. The van der Waals surface area contributed by atoms with Gasteiger partial charge in [-0.2, -0.15) is 0 Å². The van der Waals surface area contributed by atoms with Crippen molar-refractivity contribution in [3.05, 3.63) is 35.9 Å². The van der Waals surface area contributed by atoms with Gasteiger partial charge in [-0.15, -0.1) is 0 Å². The summed E-state index contributed by atoms with van der Waals surface area (Å²) in [5.74, 6) is -0.180. The fraction of sp³-hybridized carbons (Fsp3) is 0.588. The highest BCUT2D eigenvalue weighted by Crippen LogP contribution is 2.35. The van der Waals surface area contributed by atoms with Crippen LogP contribution in [0.5, 0.6) is 0 Å². The van der Waals surface area contributed by atoms with Crippen molar-refractivity contribution < 1.29 is 19.4 Å². The first-order chi connectivity index (χ1) is 10.7. The van der Waals surface area contributed by atoms with Crippen LogP contribution in [0.25, 0.3) is 0 Å². The Morgan fingerprint density at radius 1 is 1.32 bits per heavy atom. The Kier molecular flexibility index (Phi) is 4.76. The number of carbonyl (C=O) groups is 1. The summed E-state index contributed by atoms with van der Waals surface area (Å²) in [6.45, 7) is 3.17. The zero-order valence-corrected chi connectivity index (χ0v) is 12.9. The molecule has 4 atom stereocenters. The summed E-state index contributed by atoms with van der Waals surface area (Å²) in [6, 6.07) is 9.81. The minimum absolute atomic E-state index is 0.105. The molecule has 0 aliphatic carbocycles. The third-order valence-electron chi connectivity index (χ3n) is 4.56. The maximum atomic E-state index is 12.0. The van der Waals surface area contributed by atoms with E-state index in [1.807, 2.05) is 37.3 Å². The van der Waals surface area contributed by atoms with Crippen molar-refractivity contribution in [1.82, 2.24) is 4.90 Å². The highest BCUT2D eigenvalue weighted by Gasteiger charge is 2.50. The van der Waals surface area contributed by atoms with E-state index in [0.717, 1.165) is 18.4 Å². The van der Waals surface area contributed by atoms with Crippen molar-refractivity contribution in [3.63, 3.8) is 0 Å². The summed E-state index contributed by atoms with van der Waals surface area (Å²) < 4.78 is 11.1. The first-order valence-corrected chi connectivity index (χ1v) is 7.96. The molecule has 2 heterocycles. The molecule has 2 saturated heterocycles. The van der Waals surface area contributed by atoms with Gasteiger partial charge in [-0.1, -0.05) is 30.3 Å². The van der Waals surface area contributed by atoms with Crippen LogP contribution in [0.3, 0.4) is 0 Å². The summed E-state index contributed by atoms with van der Waals surface area (Å²) >= 11 is 0. The summed E-state index contributed by atoms with van der Waals surface area (Å²) in [5.41, 5.74) is 1.09. The molecule has 2 aliphatic heterocycles. The van der Waals surface area contributed by atoms with Crippen LogP contribution in [0.1, 0.15) is 25.3 Å². The smallest absolute Gasteiger partial charge is 0.323 e. The van der Waals surface area contributed by atoms with Gasteiger partial charge in [0.15, 0.2) is 0 Å². The molecule has 0 unspecified atom stereocenters. The number of hydrogen-bond acceptors (Lipinski definition) is 5. The Morgan fingerprint density at radius 2 is 2.09 bits per heavy atom. The average molecular weight is 305 g/mol. The molecule has 2 fully saturated rings. The molecule has 1 aromatic rings. The van der Waals surface area contributed by atoms with Gasteiger partial charge >= 0.3 is 5.97 Å². The lowest BCUT2D eigenvalue weighted by molar-refractivity contribution is -0.148. The first kappa shape index (κ1) is 15.5. The molecule has 0 aromatic heterocycles. The molecule has 0 spiro atoms. The molecule has 1 N–H and O–H groups in total. The number of rotatable bonds is 5. The lowest BCUT2D eigenvalue weighted by atomic mass is 10.1. The molecule has 22 heavy (non-hydrogen) atoms. The number of hydrogen-bond donors (Lipinski definition) is 1. The largest absolute Gasteiger partial charge is 0.465 e. The van der Waals surface area contributed by atoms with Gasteiger partial charge in [0.05, 0.1) is 19.3 Å². The molecule has 1 aromatic carbocycles. The molecule has 0 bridgehead atoms. The minimum Gasteiger partial charge on any atom is -0.465 e. The molecule has 0 saturated carbocycles. The van der Waals surface area contributed by atoms with Crippen molar-refractivity contribution >= 4 is 5.97 Å². The molecular formula is C17H23NO4. The van der Waals surface area contributed by atoms with Crippen LogP contribution in [0, 0.1) is 0 Å². The number of aliphatic hydroxyl groups is 1. The van der Waals surface area contributed by atoms with E-state index < -0.39 is 6.10 Å². The SMILES string of the molecule is CCOC(=O)[C@H]1CC[C@@H]2[C@H](OCc3ccccc3)[C@@H](O)CN12. The van der Waals surface area contributed by atoms with Crippen LogP contribution >= 0.6 is 0 Å². The predicted molar refractivity (Wildman–Crippen MR) is 81.2 cm³/mol. The number of fused-ring (bicyclic) bond motifs is 1. The first-order valence-electron chi connectivity index (χ1n) is 7.96. The highest BCUT2D eigenvalue weighted by atomic mass is 16.5. The van der Waals surface area contributed by atoms with E-state index in [1.165, 1.54) is 0 Å². The Balaban J connectivity index is 1.61. The van der Waals surface area contributed by atoms with Gasteiger partial charge in [-0.3, -0.25) is 9.69 Å². The quantitative estimate of drug-likeness (QED) is 0.832. The van der Waals surface area contributed by atoms with Gasteiger partial charge in [-0.25, -0.2) is 0 Å². The van der Waals surface area contributed by atoms with Gasteiger partial charge in [0.1, 0.15) is 12.1 Å². The molecule has 5 nitrogen and oxygen atoms in total.